The third-order valence-electron chi connectivity index (χ3n) is 3.59. The fraction of sp³-hybridized carbons (Fsp3) is 0.533. The van der Waals surface area contributed by atoms with Gasteiger partial charge in [0.2, 0.25) is 5.91 Å². The summed E-state index contributed by atoms with van der Waals surface area (Å²) in [6.45, 7) is 1.62. The summed E-state index contributed by atoms with van der Waals surface area (Å²) in [5.41, 5.74) is 2.40. The monoisotopic (exact) mass is 339 g/mol. The molecule has 1 aliphatic rings. The summed E-state index contributed by atoms with van der Waals surface area (Å²) in [5.74, 6) is 0.0705. The van der Waals surface area contributed by atoms with Gasteiger partial charge < -0.3 is 15.5 Å². The number of hydrogen-bond acceptors (Lipinski definition) is 3. The van der Waals surface area contributed by atoms with Gasteiger partial charge in [-0.25, -0.2) is 0 Å². The first kappa shape index (κ1) is 15.3. The molecule has 110 valence electrons. The van der Waals surface area contributed by atoms with Gasteiger partial charge in [0.05, 0.1) is 0 Å². The normalized spacial score (nSPS) is 14.2. The van der Waals surface area contributed by atoms with Crippen molar-refractivity contribution in [2.24, 2.45) is 0 Å². The van der Waals surface area contributed by atoms with Gasteiger partial charge in [0.15, 0.2) is 0 Å². The molecule has 0 bridgehead atoms. The molecule has 2 rings (SSSR count). The van der Waals surface area contributed by atoms with E-state index in [1.54, 1.807) is 7.05 Å². The van der Waals surface area contributed by atoms with Crippen LogP contribution in [-0.4, -0.2) is 32.6 Å². The first-order valence-electron chi connectivity index (χ1n) is 7.03. The van der Waals surface area contributed by atoms with Crippen LogP contribution < -0.4 is 15.5 Å². The Morgan fingerprint density at radius 3 is 2.80 bits per heavy atom. The maximum Gasteiger partial charge on any atom is 0.221 e. The molecule has 1 aromatic carbocycles. The van der Waals surface area contributed by atoms with Crippen molar-refractivity contribution in [3.63, 3.8) is 0 Å². The summed E-state index contributed by atoms with van der Waals surface area (Å²) in [7, 11) is 3.67. The van der Waals surface area contributed by atoms with Crippen molar-refractivity contribution in [1.29, 1.82) is 0 Å². The molecule has 1 amide bonds. The summed E-state index contributed by atoms with van der Waals surface area (Å²) < 4.78 is 1.12. The highest BCUT2D eigenvalue weighted by Crippen LogP contribution is 2.25. The highest BCUT2D eigenvalue weighted by atomic mass is 79.9. The van der Waals surface area contributed by atoms with Crippen LogP contribution in [0.15, 0.2) is 22.7 Å². The number of nitrogens with one attached hydrogen (secondary N) is 2. The molecule has 2 N–H and O–H groups in total. The third kappa shape index (κ3) is 4.49. The van der Waals surface area contributed by atoms with Crippen molar-refractivity contribution in [3.8, 4) is 0 Å². The van der Waals surface area contributed by atoms with E-state index in [0.717, 1.165) is 22.7 Å². The molecule has 1 fully saturated rings. The zero-order valence-corrected chi connectivity index (χ0v) is 13.7. The molecule has 0 aromatic heterocycles. The van der Waals surface area contributed by atoms with E-state index < -0.39 is 0 Å². The highest BCUT2D eigenvalue weighted by molar-refractivity contribution is 9.10. The second-order valence-corrected chi connectivity index (χ2v) is 6.13. The molecule has 1 aliphatic carbocycles. The van der Waals surface area contributed by atoms with Crippen LogP contribution in [-0.2, 0) is 11.3 Å². The van der Waals surface area contributed by atoms with Crippen molar-refractivity contribution >= 4 is 27.5 Å². The Balaban J connectivity index is 1.90. The van der Waals surface area contributed by atoms with Crippen LogP contribution in [0.5, 0.6) is 0 Å². The lowest BCUT2D eigenvalue weighted by molar-refractivity contribution is -0.120. The molecule has 1 saturated carbocycles. The summed E-state index contributed by atoms with van der Waals surface area (Å²) in [6, 6.07) is 7.09. The van der Waals surface area contributed by atoms with Gasteiger partial charge in [0, 0.05) is 49.8 Å². The number of halogens is 1. The molecule has 0 atom stereocenters. The van der Waals surface area contributed by atoms with Gasteiger partial charge in [0.1, 0.15) is 0 Å². The van der Waals surface area contributed by atoms with Crippen molar-refractivity contribution in [2.75, 3.05) is 25.5 Å². The molecule has 0 radical (unpaired) electrons. The maximum atomic E-state index is 11.3. The number of benzene rings is 1. The van der Waals surface area contributed by atoms with E-state index >= 15 is 0 Å². The zero-order chi connectivity index (χ0) is 14.5. The van der Waals surface area contributed by atoms with E-state index in [2.05, 4.69) is 49.7 Å². The lowest BCUT2D eigenvalue weighted by Crippen LogP contribution is -2.26. The standard InChI is InChI=1S/C15H22BrN3O/c1-17-15(20)7-8-19(2)13-6-3-11(14(16)9-13)10-18-12-4-5-12/h3,6,9,12,18H,4-5,7-8,10H2,1-2H3,(H,17,20). The van der Waals surface area contributed by atoms with Crippen LogP contribution in [0.1, 0.15) is 24.8 Å². The Hall–Kier alpha value is -1.07. The molecular weight excluding hydrogens is 318 g/mol. The lowest BCUT2D eigenvalue weighted by Gasteiger charge is -2.20. The smallest absolute Gasteiger partial charge is 0.221 e. The predicted octanol–water partition coefficient (Wildman–Crippen LogP) is 2.27. The minimum absolute atomic E-state index is 0.0705. The van der Waals surface area contributed by atoms with E-state index in [9.17, 15) is 4.79 Å². The van der Waals surface area contributed by atoms with E-state index in [1.165, 1.54) is 18.4 Å². The molecule has 0 unspecified atom stereocenters. The van der Waals surface area contributed by atoms with E-state index in [-0.39, 0.29) is 5.91 Å². The van der Waals surface area contributed by atoms with Gasteiger partial charge in [0.25, 0.3) is 0 Å². The topological polar surface area (TPSA) is 44.4 Å². The Kier molecular flexibility index (Phi) is 5.43. The Morgan fingerprint density at radius 1 is 1.45 bits per heavy atom. The number of rotatable bonds is 7. The average Bonchev–Trinajstić information content (AvgIpc) is 3.27. The lowest BCUT2D eigenvalue weighted by atomic mass is 10.2. The van der Waals surface area contributed by atoms with Crippen molar-refractivity contribution < 1.29 is 4.79 Å². The van der Waals surface area contributed by atoms with Crippen LogP contribution in [0, 0.1) is 0 Å². The van der Waals surface area contributed by atoms with Crippen molar-refractivity contribution in [1.82, 2.24) is 10.6 Å². The SMILES string of the molecule is CNC(=O)CCN(C)c1ccc(CNC2CC2)c(Br)c1. The molecular formula is C15H22BrN3O. The number of carbonyl (C=O) groups is 1. The van der Waals surface area contributed by atoms with Crippen LogP contribution in [0.4, 0.5) is 5.69 Å². The van der Waals surface area contributed by atoms with Gasteiger partial charge in [-0.15, -0.1) is 0 Å². The highest BCUT2D eigenvalue weighted by Gasteiger charge is 2.20. The largest absolute Gasteiger partial charge is 0.374 e. The second-order valence-electron chi connectivity index (χ2n) is 5.28. The molecule has 0 heterocycles. The first-order valence-corrected chi connectivity index (χ1v) is 7.83. The van der Waals surface area contributed by atoms with E-state index in [1.807, 2.05) is 7.05 Å². The van der Waals surface area contributed by atoms with Gasteiger partial charge in [-0.05, 0) is 30.5 Å². The van der Waals surface area contributed by atoms with Crippen LogP contribution in [0.3, 0.4) is 0 Å². The Labute approximate surface area is 129 Å². The summed E-state index contributed by atoms with van der Waals surface area (Å²) in [6.07, 6.45) is 3.12. The maximum absolute atomic E-state index is 11.3. The van der Waals surface area contributed by atoms with Gasteiger partial charge in [-0.3, -0.25) is 4.79 Å². The minimum atomic E-state index is 0.0705. The fourth-order valence-corrected chi connectivity index (χ4v) is 2.49. The summed E-state index contributed by atoms with van der Waals surface area (Å²) in [5, 5.41) is 6.16. The molecule has 0 spiro atoms. The number of hydrogen-bond donors (Lipinski definition) is 2. The van der Waals surface area contributed by atoms with Crippen LogP contribution >= 0.6 is 15.9 Å². The fourth-order valence-electron chi connectivity index (χ4n) is 1.98. The van der Waals surface area contributed by atoms with Crippen molar-refractivity contribution in [2.45, 2.75) is 31.8 Å². The van der Waals surface area contributed by atoms with Crippen molar-refractivity contribution in [3.05, 3.63) is 28.2 Å². The average molecular weight is 340 g/mol. The number of carbonyl (C=O) groups excluding carboxylic acids is 1. The van der Waals surface area contributed by atoms with Crippen LogP contribution in [0.2, 0.25) is 0 Å². The predicted molar refractivity (Wildman–Crippen MR) is 86.0 cm³/mol. The van der Waals surface area contributed by atoms with Gasteiger partial charge >= 0.3 is 0 Å². The Bertz CT molecular complexity index is 474. The minimum Gasteiger partial charge on any atom is -0.374 e. The number of amides is 1. The van der Waals surface area contributed by atoms with Gasteiger partial charge in [-0.1, -0.05) is 22.0 Å². The number of anilines is 1. The molecule has 4 nitrogen and oxygen atoms in total. The zero-order valence-electron chi connectivity index (χ0n) is 12.1. The third-order valence-corrected chi connectivity index (χ3v) is 4.33. The van der Waals surface area contributed by atoms with Gasteiger partial charge in [-0.2, -0.15) is 0 Å². The molecule has 0 saturated heterocycles. The number of nitrogens with zero attached hydrogens (tertiary/aromatic N) is 1. The first-order chi connectivity index (χ1) is 9.60. The Morgan fingerprint density at radius 2 is 2.20 bits per heavy atom. The molecule has 0 aliphatic heterocycles. The molecule has 20 heavy (non-hydrogen) atoms. The molecule has 5 heteroatoms. The quantitative estimate of drug-likeness (QED) is 0.800. The summed E-state index contributed by atoms with van der Waals surface area (Å²) in [4.78, 5) is 13.4. The second kappa shape index (κ2) is 7.09. The molecule has 1 aromatic rings. The van der Waals surface area contributed by atoms with E-state index in [0.29, 0.717) is 13.0 Å². The van der Waals surface area contributed by atoms with Crippen LogP contribution in [0.25, 0.3) is 0 Å². The van der Waals surface area contributed by atoms with E-state index in [4.69, 9.17) is 0 Å². The summed E-state index contributed by atoms with van der Waals surface area (Å²) >= 11 is 3.63.